The van der Waals surface area contributed by atoms with Gasteiger partial charge in [-0.15, -0.1) is 0 Å². The summed E-state index contributed by atoms with van der Waals surface area (Å²) >= 11 is 0. The zero-order chi connectivity index (χ0) is 19.2. The fraction of sp³-hybridized carbons (Fsp3) is 0.550. The van der Waals surface area contributed by atoms with E-state index in [1.54, 1.807) is 29.2 Å². The van der Waals surface area contributed by atoms with Crippen LogP contribution in [-0.4, -0.2) is 78.5 Å². The Balaban J connectivity index is 1.32. The van der Waals surface area contributed by atoms with Crippen LogP contribution >= 0.6 is 0 Å². The minimum atomic E-state index is -0.224. The van der Waals surface area contributed by atoms with Crippen LogP contribution in [0, 0.1) is 0 Å². The van der Waals surface area contributed by atoms with Gasteiger partial charge in [0.2, 0.25) is 0 Å². The molecule has 2 aliphatic rings. The SMILES string of the molecule is CCOC(=O)N1CCN(CCCCCN2C(=O)c3ccccc3C2=O)CC1. The van der Waals surface area contributed by atoms with Crippen molar-refractivity contribution in [3.8, 4) is 0 Å². The third-order valence-electron chi connectivity index (χ3n) is 5.13. The first-order valence-electron chi connectivity index (χ1n) is 9.71. The van der Waals surface area contributed by atoms with E-state index in [1.165, 1.54) is 4.90 Å². The van der Waals surface area contributed by atoms with Crippen LogP contribution in [0.25, 0.3) is 0 Å². The zero-order valence-electron chi connectivity index (χ0n) is 15.9. The predicted molar refractivity (Wildman–Crippen MR) is 101 cm³/mol. The second kappa shape index (κ2) is 8.99. The van der Waals surface area contributed by atoms with Gasteiger partial charge in [0, 0.05) is 32.7 Å². The van der Waals surface area contributed by atoms with Crippen LogP contribution in [0.15, 0.2) is 24.3 Å². The van der Waals surface area contributed by atoms with Crippen LogP contribution < -0.4 is 0 Å². The number of benzene rings is 1. The molecular formula is C20H27N3O4. The molecule has 0 atom stereocenters. The van der Waals surface area contributed by atoms with Crippen LogP contribution in [-0.2, 0) is 4.74 Å². The van der Waals surface area contributed by atoms with E-state index in [1.807, 2.05) is 6.92 Å². The van der Waals surface area contributed by atoms with Gasteiger partial charge in [-0.25, -0.2) is 4.79 Å². The molecule has 1 fully saturated rings. The van der Waals surface area contributed by atoms with Crippen LogP contribution in [0.1, 0.15) is 46.9 Å². The highest BCUT2D eigenvalue weighted by Gasteiger charge is 2.34. The molecule has 2 aliphatic heterocycles. The van der Waals surface area contributed by atoms with Gasteiger partial charge in [-0.2, -0.15) is 0 Å². The summed E-state index contributed by atoms with van der Waals surface area (Å²) in [7, 11) is 0. The summed E-state index contributed by atoms with van der Waals surface area (Å²) in [6, 6.07) is 7.00. The summed E-state index contributed by atoms with van der Waals surface area (Å²) in [6.45, 7) is 6.79. The largest absolute Gasteiger partial charge is 0.450 e. The van der Waals surface area contributed by atoms with Gasteiger partial charge in [0.05, 0.1) is 17.7 Å². The Hall–Kier alpha value is -2.41. The van der Waals surface area contributed by atoms with Gasteiger partial charge < -0.3 is 9.64 Å². The van der Waals surface area contributed by atoms with Crippen LogP contribution in [0.3, 0.4) is 0 Å². The van der Waals surface area contributed by atoms with Crippen molar-refractivity contribution in [3.05, 3.63) is 35.4 Å². The third kappa shape index (κ3) is 4.47. The molecule has 0 bridgehead atoms. The van der Waals surface area contributed by atoms with E-state index >= 15 is 0 Å². The topological polar surface area (TPSA) is 70.2 Å². The first kappa shape index (κ1) is 19.4. The molecule has 0 spiro atoms. The second-order valence-electron chi connectivity index (χ2n) is 6.90. The summed E-state index contributed by atoms with van der Waals surface area (Å²) in [5.41, 5.74) is 1.03. The lowest BCUT2D eigenvalue weighted by Gasteiger charge is -2.34. The smallest absolute Gasteiger partial charge is 0.409 e. The number of unbranched alkanes of at least 4 members (excludes halogenated alkanes) is 2. The molecule has 0 saturated carbocycles. The number of hydrogen-bond acceptors (Lipinski definition) is 5. The highest BCUT2D eigenvalue weighted by Crippen LogP contribution is 2.22. The minimum absolute atomic E-state index is 0.175. The summed E-state index contributed by atoms with van der Waals surface area (Å²) in [5.74, 6) is -0.351. The standard InChI is InChI=1S/C20H27N3O4/c1-2-27-20(26)22-14-12-21(13-15-22)10-6-3-7-11-23-18(24)16-8-4-5-9-17(16)19(23)25/h4-5,8-9H,2-3,6-7,10-15H2,1H3. The molecule has 1 saturated heterocycles. The van der Waals surface area contributed by atoms with Crippen molar-refractivity contribution in [2.45, 2.75) is 26.2 Å². The molecule has 1 aromatic rings. The Morgan fingerprint density at radius 3 is 2.11 bits per heavy atom. The van der Waals surface area contributed by atoms with Crippen molar-refractivity contribution in [2.75, 3.05) is 45.9 Å². The molecule has 0 radical (unpaired) electrons. The molecule has 0 aliphatic carbocycles. The number of piperazine rings is 1. The molecule has 1 aromatic carbocycles. The maximum absolute atomic E-state index is 12.3. The average Bonchev–Trinajstić information content (AvgIpc) is 2.93. The van der Waals surface area contributed by atoms with E-state index < -0.39 is 0 Å². The maximum Gasteiger partial charge on any atom is 0.409 e. The quantitative estimate of drug-likeness (QED) is 0.541. The Bertz CT molecular complexity index is 663. The van der Waals surface area contributed by atoms with Gasteiger partial charge in [0.15, 0.2) is 0 Å². The Morgan fingerprint density at radius 1 is 0.926 bits per heavy atom. The summed E-state index contributed by atoms with van der Waals surface area (Å²) < 4.78 is 5.03. The second-order valence-corrected chi connectivity index (χ2v) is 6.90. The number of hydrogen-bond donors (Lipinski definition) is 0. The Kier molecular flexibility index (Phi) is 6.45. The third-order valence-corrected chi connectivity index (χ3v) is 5.13. The Morgan fingerprint density at radius 2 is 1.52 bits per heavy atom. The summed E-state index contributed by atoms with van der Waals surface area (Å²) in [4.78, 5) is 41.8. The van der Waals surface area contributed by atoms with Crippen molar-refractivity contribution in [1.82, 2.24) is 14.7 Å². The highest BCUT2D eigenvalue weighted by atomic mass is 16.6. The Labute approximate surface area is 159 Å². The minimum Gasteiger partial charge on any atom is -0.450 e. The number of carbonyl (C=O) groups excluding carboxylic acids is 3. The first-order chi connectivity index (χ1) is 13.1. The van der Waals surface area contributed by atoms with Gasteiger partial charge >= 0.3 is 6.09 Å². The van der Waals surface area contributed by atoms with Crippen molar-refractivity contribution in [1.29, 1.82) is 0 Å². The summed E-state index contributed by atoms with van der Waals surface area (Å²) in [6.07, 6.45) is 2.57. The molecule has 0 N–H and O–H groups in total. The summed E-state index contributed by atoms with van der Waals surface area (Å²) in [5, 5.41) is 0. The highest BCUT2D eigenvalue weighted by molar-refractivity contribution is 6.21. The van der Waals surface area contributed by atoms with E-state index in [0.717, 1.165) is 38.9 Å². The van der Waals surface area contributed by atoms with E-state index in [-0.39, 0.29) is 17.9 Å². The fourth-order valence-electron chi connectivity index (χ4n) is 3.59. The number of carbonyl (C=O) groups is 3. The van der Waals surface area contributed by atoms with Crippen LogP contribution in [0.4, 0.5) is 4.79 Å². The maximum atomic E-state index is 12.3. The molecule has 7 nitrogen and oxygen atoms in total. The monoisotopic (exact) mass is 373 g/mol. The van der Waals surface area contributed by atoms with Gasteiger partial charge in [0.1, 0.15) is 0 Å². The molecule has 27 heavy (non-hydrogen) atoms. The van der Waals surface area contributed by atoms with Gasteiger partial charge in [0.25, 0.3) is 11.8 Å². The number of amides is 3. The van der Waals surface area contributed by atoms with Gasteiger partial charge in [-0.3, -0.25) is 19.4 Å². The first-order valence-corrected chi connectivity index (χ1v) is 9.71. The number of ether oxygens (including phenoxy) is 1. The lowest BCUT2D eigenvalue weighted by atomic mass is 10.1. The molecule has 3 rings (SSSR count). The molecule has 3 amide bonds. The van der Waals surface area contributed by atoms with Gasteiger partial charge in [-0.05, 0) is 38.4 Å². The van der Waals surface area contributed by atoms with E-state index in [2.05, 4.69) is 4.90 Å². The normalized spacial score (nSPS) is 17.4. The van der Waals surface area contributed by atoms with Crippen molar-refractivity contribution in [2.24, 2.45) is 0 Å². The number of fused-ring (bicyclic) bond motifs is 1. The number of rotatable bonds is 7. The lowest BCUT2D eigenvalue weighted by Crippen LogP contribution is -2.49. The van der Waals surface area contributed by atoms with Crippen molar-refractivity contribution < 1.29 is 19.1 Å². The zero-order valence-corrected chi connectivity index (χ0v) is 15.9. The lowest BCUT2D eigenvalue weighted by molar-refractivity contribution is 0.0647. The van der Waals surface area contributed by atoms with Crippen molar-refractivity contribution >= 4 is 17.9 Å². The molecule has 0 aromatic heterocycles. The van der Waals surface area contributed by atoms with E-state index in [9.17, 15) is 14.4 Å². The molecule has 7 heteroatoms. The molecule has 146 valence electrons. The average molecular weight is 373 g/mol. The van der Waals surface area contributed by atoms with Crippen LogP contribution in [0.2, 0.25) is 0 Å². The number of nitrogens with zero attached hydrogens (tertiary/aromatic N) is 3. The van der Waals surface area contributed by atoms with E-state index in [4.69, 9.17) is 4.74 Å². The predicted octanol–water partition coefficient (Wildman–Crippen LogP) is 2.23. The molecule has 2 heterocycles. The number of imide groups is 1. The molecule has 0 unspecified atom stereocenters. The molecular weight excluding hydrogens is 346 g/mol. The fourth-order valence-corrected chi connectivity index (χ4v) is 3.59. The van der Waals surface area contributed by atoms with Crippen LogP contribution in [0.5, 0.6) is 0 Å². The van der Waals surface area contributed by atoms with E-state index in [0.29, 0.717) is 37.4 Å². The van der Waals surface area contributed by atoms with Gasteiger partial charge in [-0.1, -0.05) is 18.6 Å². The van der Waals surface area contributed by atoms with Crippen molar-refractivity contribution in [3.63, 3.8) is 0 Å².